The number of carbonyl (C=O) groups excluding carboxylic acids is 2. The number of nitrogens with zero attached hydrogens (tertiary/aromatic N) is 2. The third-order valence-electron chi connectivity index (χ3n) is 4.94. The number of carbonyl (C=O) groups is 2. The number of rotatable bonds is 6. The van der Waals surface area contributed by atoms with Crippen LogP contribution in [0, 0.1) is 5.92 Å². The molecule has 1 atom stereocenters. The van der Waals surface area contributed by atoms with Crippen LogP contribution in [0.25, 0.3) is 0 Å². The van der Waals surface area contributed by atoms with E-state index in [4.69, 9.17) is 4.42 Å². The average Bonchev–Trinajstić information content (AvgIpc) is 3.35. The predicted octanol–water partition coefficient (Wildman–Crippen LogP) is 2.61. The molecular formula is C19H25N3O3S. The highest BCUT2D eigenvalue weighted by atomic mass is 32.1. The zero-order valence-electron chi connectivity index (χ0n) is 15.2. The van der Waals surface area contributed by atoms with Gasteiger partial charge < -0.3 is 19.5 Å². The molecule has 0 radical (unpaired) electrons. The summed E-state index contributed by atoms with van der Waals surface area (Å²) in [5, 5.41) is 7.28. The van der Waals surface area contributed by atoms with Crippen molar-refractivity contribution in [3.05, 3.63) is 46.5 Å². The second kappa shape index (κ2) is 8.51. The molecule has 0 aliphatic carbocycles. The molecule has 0 spiro atoms. The summed E-state index contributed by atoms with van der Waals surface area (Å²) < 4.78 is 4.98. The molecule has 2 aromatic heterocycles. The van der Waals surface area contributed by atoms with Crippen molar-refractivity contribution in [2.24, 2.45) is 5.92 Å². The zero-order chi connectivity index (χ0) is 18.5. The van der Waals surface area contributed by atoms with E-state index in [9.17, 15) is 9.59 Å². The summed E-state index contributed by atoms with van der Waals surface area (Å²) in [7, 11) is 4.04. The number of piperidine rings is 1. The maximum atomic E-state index is 12.6. The van der Waals surface area contributed by atoms with Gasteiger partial charge in [-0.05, 0) is 55.4 Å². The van der Waals surface area contributed by atoms with Gasteiger partial charge in [-0.15, -0.1) is 0 Å². The topological polar surface area (TPSA) is 65.8 Å². The Morgan fingerprint density at radius 3 is 2.69 bits per heavy atom. The van der Waals surface area contributed by atoms with E-state index in [0.29, 0.717) is 38.0 Å². The molecule has 6 nitrogen and oxygen atoms in total. The minimum Gasteiger partial charge on any atom is -0.472 e. The Morgan fingerprint density at radius 1 is 1.35 bits per heavy atom. The van der Waals surface area contributed by atoms with Crippen molar-refractivity contribution >= 4 is 23.2 Å². The summed E-state index contributed by atoms with van der Waals surface area (Å²) in [6.07, 6.45) is 4.36. The molecule has 3 rings (SSSR count). The summed E-state index contributed by atoms with van der Waals surface area (Å²) in [5.74, 6) is 0.0268. The maximum absolute atomic E-state index is 12.6. The molecule has 3 heterocycles. The lowest BCUT2D eigenvalue weighted by Crippen LogP contribution is -2.44. The van der Waals surface area contributed by atoms with Gasteiger partial charge in [0.05, 0.1) is 17.9 Å². The van der Waals surface area contributed by atoms with Crippen molar-refractivity contribution in [3.8, 4) is 0 Å². The lowest BCUT2D eigenvalue weighted by molar-refractivity contribution is -0.126. The van der Waals surface area contributed by atoms with Gasteiger partial charge in [-0.1, -0.05) is 0 Å². The fourth-order valence-electron chi connectivity index (χ4n) is 3.32. The summed E-state index contributed by atoms with van der Waals surface area (Å²) in [6, 6.07) is 3.95. The second-order valence-electron chi connectivity index (χ2n) is 6.86. The minimum absolute atomic E-state index is 0.0252. The predicted molar refractivity (Wildman–Crippen MR) is 101 cm³/mol. The van der Waals surface area contributed by atoms with Gasteiger partial charge in [0.15, 0.2) is 0 Å². The van der Waals surface area contributed by atoms with Crippen LogP contribution in [-0.4, -0.2) is 55.3 Å². The van der Waals surface area contributed by atoms with Crippen molar-refractivity contribution in [1.29, 1.82) is 0 Å². The number of nitrogens with one attached hydrogen (secondary N) is 1. The molecule has 0 aromatic carbocycles. The van der Waals surface area contributed by atoms with Gasteiger partial charge in [0.25, 0.3) is 5.91 Å². The molecule has 7 heteroatoms. The molecule has 1 saturated heterocycles. The third-order valence-corrected chi connectivity index (χ3v) is 5.64. The maximum Gasteiger partial charge on any atom is 0.257 e. The van der Waals surface area contributed by atoms with E-state index >= 15 is 0 Å². The van der Waals surface area contributed by atoms with Crippen LogP contribution in [0.4, 0.5) is 0 Å². The molecule has 26 heavy (non-hydrogen) atoms. The van der Waals surface area contributed by atoms with Crippen molar-refractivity contribution in [2.75, 3.05) is 33.7 Å². The molecule has 0 saturated carbocycles. The Hall–Kier alpha value is -2.12. The Balaban J connectivity index is 1.48. The van der Waals surface area contributed by atoms with Crippen LogP contribution in [-0.2, 0) is 4.79 Å². The summed E-state index contributed by atoms with van der Waals surface area (Å²) in [5.41, 5.74) is 1.79. The van der Waals surface area contributed by atoms with Crippen LogP contribution in [0.5, 0.6) is 0 Å². The van der Waals surface area contributed by atoms with E-state index in [2.05, 4.69) is 27.0 Å². The van der Waals surface area contributed by atoms with Gasteiger partial charge in [-0.25, -0.2) is 0 Å². The van der Waals surface area contributed by atoms with Crippen molar-refractivity contribution in [1.82, 2.24) is 15.1 Å². The largest absolute Gasteiger partial charge is 0.472 e. The van der Waals surface area contributed by atoms with Gasteiger partial charge in [0, 0.05) is 25.6 Å². The molecule has 1 N–H and O–H groups in total. The SMILES string of the molecule is CN(C)[C@@H](CNC(=O)C1CCN(C(=O)c2ccoc2)CC1)c1ccsc1. The number of thiophene rings is 1. The van der Waals surface area contributed by atoms with Crippen LogP contribution in [0.1, 0.15) is 34.8 Å². The first kappa shape index (κ1) is 18.7. The molecule has 1 fully saturated rings. The highest BCUT2D eigenvalue weighted by molar-refractivity contribution is 7.07. The number of hydrogen-bond acceptors (Lipinski definition) is 5. The van der Waals surface area contributed by atoms with Gasteiger partial charge in [-0.3, -0.25) is 9.59 Å². The zero-order valence-corrected chi connectivity index (χ0v) is 16.0. The first-order chi connectivity index (χ1) is 12.6. The van der Waals surface area contributed by atoms with Crippen LogP contribution in [0.2, 0.25) is 0 Å². The van der Waals surface area contributed by atoms with Crippen molar-refractivity contribution in [3.63, 3.8) is 0 Å². The number of likely N-dealkylation sites (tertiary alicyclic amines) is 1. The van der Waals surface area contributed by atoms with Crippen LogP contribution in [0.3, 0.4) is 0 Å². The second-order valence-corrected chi connectivity index (χ2v) is 7.64. The lowest BCUT2D eigenvalue weighted by Gasteiger charge is -2.32. The normalized spacial score (nSPS) is 16.7. The first-order valence-electron chi connectivity index (χ1n) is 8.84. The molecule has 1 aliphatic heterocycles. The van der Waals surface area contributed by atoms with Crippen molar-refractivity contribution < 1.29 is 14.0 Å². The quantitative estimate of drug-likeness (QED) is 0.843. The number of amides is 2. The molecule has 0 unspecified atom stereocenters. The fraction of sp³-hybridized carbons (Fsp3) is 0.474. The molecule has 0 bridgehead atoms. The third kappa shape index (κ3) is 4.34. The van der Waals surface area contributed by atoms with Crippen LogP contribution < -0.4 is 5.32 Å². The fourth-order valence-corrected chi connectivity index (χ4v) is 4.03. The monoisotopic (exact) mass is 375 g/mol. The van der Waals surface area contributed by atoms with Crippen LogP contribution in [0.15, 0.2) is 39.8 Å². The van der Waals surface area contributed by atoms with E-state index in [1.165, 1.54) is 18.1 Å². The summed E-state index contributed by atoms with van der Waals surface area (Å²) in [6.45, 7) is 1.80. The van der Waals surface area contributed by atoms with Crippen molar-refractivity contribution in [2.45, 2.75) is 18.9 Å². The average molecular weight is 375 g/mol. The van der Waals surface area contributed by atoms with Gasteiger partial charge >= 0.3 is 0 Å². The van der Waals surface area contributed by atoms with Gasteiger partial charge in [0.2, 0.25) is 5.91 Å². The minimum atomic E-state index is -0.0336. The Bertz CT molecular complexity index is 704. The van der Waals surface area contributed by atoms with Crippen LogP contribution >= 0.6 is 11.3 Å². The molecule has 2 amide bonds. The van der Waals surface area contributed by atoms with E-state index in [0.717, 1.165) is 0 Å². The molecule has 2 aromatic rings. The number of likely N-dealkylation sites (N-methyl/N-ethyl adjacent to an activating group) is 1. The first-order valence-corrected chi connectivity index (χ1v) is 9.78. The lowest BCUT2D eigenvalue weighted by atomic mass is 9.95. The highest BCUT2D eigenvalue weighted by Crippen LogP contribution is 2.22. The van der Waals surface area contributed by atoms with E-state index in [1.807, 2.05) is 14.1 Å². The van der Waals surface area contributed by atoms with Gasteiger partial charge in [0.1, 0.15) is 6.26 Å². The van der Waals surface area contributed by atoms with E-state index < -0.39 is 0 Å². The highest BCUT2D eigenvalue weighted by Gasteiger charge is 2.28. The molecule has 1 aliphatic rings. The summed E-state index contributed by atoms with van der Waals surface area (Å²) >= 11 is 1.67. The molecular weight excluding hydrogens is 350 g/mol. The Kier molecular flexibility index (Phi) is 6.11. The summed E-state index contributed by atoms with van der Waals surface area (Å²) in [4.78, 5) is 28.8. The Morgan fingerprint density at radius 2 is 2.12 bits per heavy atom. The van der Waals surface area contributed by atoms with E-state index in [1.54, 1.807) is 22.3 Å². The molecule has 140 valence electrons. The number of hydrogen-bond donors (Lipinski definition) is 1. The van der Waals surface area contributed by atoms with Gasteiger partial charge in [-0.2, -0.15) is 11.3 Å². The smallest absolute Gasteiger partial charge is 0.257 e. The van der Waals surface area contributed by atoms with E-state index in [-0.39, 0.29) is 23.8 Å². The Labute approximate surface area is 157 Å². The standard InChI is InChI=1S/C19H25N3O3S/c1-21(2)17(16-6-10-26-13-16)11-20-18(23)14-3-7-22(8-4-14)19(24)15-5-9-25-12-15/h5-6,9-10,12-14,17H,3-4,7-8,11H2,1-2H3,(H,20,23)/t17-/m0/s1. The number of furan rings is 1.